The minimum absolute atomic E-state index is 0.537. The Labute approximate surface area is 889 Å². The molecule has 0 fully saturated rings. The quantitative estimate of drug-likeness (QED) is 0.109. The molecule has 0 unspecified atom stereocenters. The van der Waals surface area contributed by atoms with Gasteiger partial charge in [0, 0.05) is 113 Å². The molecule has 0 aliphatic heterocycles. The smallest absolute Gasteiger partial charge is 0.198 e. The number of pyridine rings is 7. The lowest BCUT2D eigenvalue weighted by Gasteiger charge is -2.15. The second-order valence-corrected chi connectivity index (χ2v) is 42.4. The summed E-state index contributed by atoms with van der Waals surface area (Å²) >= 11 is 0. The van der Waals surface area contributed by atoms with Gasteiger partial charge in [0.2, 0.25) is 39.9 Å². The fourth-order valence-corrected chi connectivity index (χ4v) is 21.5. The Morgan fingerprint density at radius 2 is 0.436 bits per heavy atom. The maximum absolute atomic E-state index is 2.38. The molecule has 0 N–H and O–H groups in total. The Balaban J connectivity index is 0.000000130. The largest absolute Gasteiger partial charge is 0.220 e. The molecule has 14 aromatic carbocycles. The van der Waals surface area contributed by atoms with Crippen LogP contribution in [0.15, 0.2) is 328 Å². The van der Waals surface area contributed by atoms with Gasteiger partial charge in [-0.1, -0.05) is 260 Å². The predicted molar refractivity (Wildman–Crippen MR) is 635 cm³/mol. The van der Waals surface area contributed by atoms with Gasteiger partial charge >= 0.3 is 0 Å². The molecule has 7 heterocycles. The molecule has 7 heteroatoms. The number of hydrogen-bond donors (Lipinski definition) is 0. The van der Waals surface area contributed by atoms with E-state index < -0.39 is 0 Å². The van der Waals surface area contributed by atoms with Crippen molar-refractivity contribution in [3.05, 3.63) is 456 Å². The van der Waals surface area contributed by atoms with Crippen LogP contribution < -0.4 is 32.0 Å². The van der Waals surface area contributed by atoms with Crippen LogP contribution in [-0.2, 0) is 68.6 Å². The summed E-state index contributed by atoms with van der Waals surface area (Å²) in [7, 11) is 15.1. The summed E-state index contributed by atoms with van der Waals surface area (Å²) in [6.45, 7) is 55.2. The Hall–Kier alpha value is -15.1. The Bertz CT molecular complexity index is 8540. The highest BCUT2D eigenvalue weighted by molar-refractivity contribution is 6.00. The second kappa shape index (κ2) is 47.0. The van der Waals surface area contributed by atoms with Crippen molar-refractivity contribution in [2.24, 2.45) is 49.3 Å². The van der Waals surface area contributed by atoms with E-state index in [-0.39, 0.29) is 0 Å². The molecule has 149 heavy (non-hydrogen) atoms. The average Bonchev–Trinajstić information content (AvgIpc) is 0.782. The first-order valence-electron chi connectivity index (χ1n) is 53.7. The molecule has 7 aromatic heterocycles. The summed E-state index contributed by atoms with van der Waals surface area (Å²) in [5.41, 5.74) is 49.5. The summed E-state index contributed by atoms with van der Waals surface area (Å²) in [4.78, 5) is 0. The van der Waals surface area contributed by atoms with Crippen molar-refractivity contribution in [3.8, 4) is 78.8 Å². The zero-order chi connectivity index (χ0) is 107. The molecule has 0 spiro atoms. The maximum Gasteiger partial charge on any atom is 0.220 e. The van der Waals surface area contributed by atoms with E-state index in [9.17, 15) is 0 Å². The molecule has 0 aliphatic carbocycles. The van der Waals surface area contributed by atoms with E-state index >= 15 is 0 Å². The van der Waals surface area contributed by atoms with Gasteiger partial charge in [-0.05, 0) is 308 Å². The Kier molecular flexibility index (Phi) is 34.1. The van der Waals surface area contributed by atoms with Crippen LogP contribution in [0.2, 0.25) is 0 Å². The van der Waals surface area contributed by atoms with Crippen molar-refractivity contribution in [1.29, 1.82) is 0 Å². The highest BCUT2D eigenvalue weighted by atomic mass is 15.0. The molecule has 0 radical (unpaired) electrons. The van der Waals surface area contributed by atoms with Crippen LogP contribution >= 0.6 is 0 Å². The Morgan fingerprint density at radius 1 is 0.181 bits per heavy atom. The van der Waals surface area contributed by atoms with Crippen molar-refractivity contribution in [2.75, 3.05) is 0 Å². The van der Waals surface area contributed by atoms with Gasteiger partial charge < -0.3 is 0 Å². The lowest BCUT2D eigenvalue weighted by atomic mass is 9.90. The van der Waals surface area contributed by atoms with Gasteiger partial charge in [0.25, 0.3) is 0 Å². The number of fused-ring (bicyclic) bond motifs is 7. The number of nitrogens with zero attached hydrogens (tertiary/aromatic N) is 7. The standard InChI is InChI=1S/2C22H26N.C21H24N.2C20H22N.C19H20N.C18H18N/c1-14(2)19-11-15(3)17(5)21(13-19)22-20-10-8-7-9-18(20)12-16(4)23(22)6;1-6-17-13-18(7-2)16(4)21(14-17)22-20-11-9-8-10-19(20)12-15(3)23(22)5;1-14(2)17-11-10-15(3)20(13-17)21-19-9-7-6-8-18(19)12-16(4)22(21)5;1-13-10-14(2)16(4)19(11-13)20-18-9-7-6-8-17(18)12-15(3)21(20)5;1-5-16-11-10-14(2)19(13-16)20-18-9-7-6-8-17(18)12-15(3)21(20)4;1-13-9-10-14(2)18(11-13)19-17-8-6-5-7-16(17)12-15(3)20(19)4;1-13-8-4-6-10-16(13)18-17-11-7-5-9-15(17)12-14(2)19(18)3/h7-14H,1-6H3;8-14H,6-7H2,1-5H3;6-14H,1-5H3;6-12H,1-5H3;6-13H,5H2,1-4H3;5-12H,1-4H3;4-12H,1-3H3/q7*+1. The molecule has 0 saturated carbocycles. The summed E-state index contributed by atoms with van der Waals surface area (Å²) in [6.07, 6.45) is 3.23. The summed E-state index contributed by atoms with van der Waals surface area (Å²) in [6, 6.07) is 119. The lowest BCUT2D eigenvalue weighted by Crippen LogP contribution is -2.35. The number of hydrogen-bond acceptors (Lipinski definition) is 0. The van der Waals surface area contributed by atoms with Gasteiger partial charge in [-0.25, -0.2) is 0 Å². The number of rotatable bonds is 12. The van der Waals surface area contributed by atoms with Crippen LogP contribution in [0.25, 0.3) is 154 Å². The fourth-order valence-electron chi connectivity index (χ4n) is 21.5. The first-order chi connectivity index (χ1) is 71.3. The van der Waals surface area contributed by atoms with Crippen molar-refractivity contribution < 1.29 is 32.0 Å². The molecule has 21 aromatic rings. The third kappa shape index (κ3) is 23.1. The van der Waals surface area contributed by atoms with Gasteiger partial charge in [-0.3, -0.25) is 0 Å². The van der Waals surface area contributed by atoms with E-state index in [1.807, 2.05) is 0 Å². The van der Waals surface area contributed by atoms with E-state index in [2.05, 4.69) is 582 Å². The van der Waals surface area contributed by atoms with Crippen molar-refractivity contribution in [3.63, 3.8) is 0 Å². The van der Waals surface area contributed by atoms with Crippen LogP contribution in [0.1, 0.15) is 189 Å². The van der Waals surface area contributed by atoms with E-state index in [1.165, 1.54) is 283 Å². The molecule has 7 nitrogen and oxygen atoms in total. The normalized spacial score (nSPS) is 11.2. The van der Waals surface area contributed by atoms with Gasteiger partial charge in [-0.2, -0.15) is 32.0 Å². The molecule has 0 amide bonds. The van der Waals surface area contributed by atoms with Crippen LogP contribution in [-0.4, -0.2) is 0 Å². The van der Waals surface area contributed by atoms with Crippen molar-refractivity contribution in [2.45, 2.75) is 204 Å². The highest BCUT2D eigenvalue weighted by Gasteiger charge is 2.29. The van der Waals surface area contributed by atoms with Crippen LogP contribution in [0.4, 0.5) is 0 Å². The monoisotopic (exact) mass is 1960 g/mol. The van der Waals surface area contributed by atoms with E-state index in [0.29, 0.717) is 11.8 Å². The first kappa shape index (κ1) is 108. The number of benzene rings is 14. The Morgan fingerprint density at radius 3 is 0.772 bits per heavy atom. The summed E-state index contributed by atoms with van der Waals surface area (Å²) in [5.74, 6) is 1.08. The van der Waals surface area contributed by atoms with Gasteiger partial charge in [0.05, 0.1) is 54.4 Å². The van der Waals surface area contributed by atoms with Crippen LogP contribution in [0, 0.1) is 125 Å². The number of aryl methyl sites for hydroxylation is 18. The summed E-state index contributed by atoms with van der Waals surface area (Å²) < 4.78 is 16.2. The van der Waals surface area contributed by atoms with E-state index in [4.69, 9.17) is 0 Å². The van der Waals surface area contributed by atoms with Crippen molar-refractivity contribution in [1.82, 2.24) is 0 Å². The lowest BCUT2D eigenvalue weighted by molar-refractivity contribution is -0.665. The van der Waals surface area contributed by atoms with Crippen molar-refractivity contribution >= 4 is 75.4 Å². The minimum atomic E-state index is 0.537. The van der Waals surface area contributed by atoms with Crippen LogP contribution in [0.3, 0.4) is 0 Å². The van der Waals surface area contributed by atoms with Gasteiger partial charge in [0.1, 0.15) is 49.3 Å². The third-order valence-corrected chi connectivity index (χ3v) is 31.6. The SMILES string of the molecule is CCc1cc(CC)c(C)c(-c2c3ccccc3cc(C)[n+]2C)c1.CCc1ccc(C)c(-c2c3ccccc3cc(C)[n+]2C)c1.Cc1cc(C(C)C)cc(-c2c3ccccc3cc(C)[n+]2C)c1C.Cc1cc(C)c(C)c(-c2c3ccccc3cc(C)[n+]2C)c1.Cc1ccc(C(C)C)cc1-c1c2ccccc2cc(C)[n+]1C.Cc1ccc(C)c(-c2c3ccccc3cc(C)[n+]2C)c1.Cc1ccccc1-c1c2ccccc2cc(C)[n+]1C. The van der Waals surface area contributed by atoms with E-state index in [0.717, 1.165) is 19.3 Å². The molecule has 0 aliphatic rings. The van der Waals surface area contributed by atoms with Gasteiger partial charge in [-0.15, -0.1) is 0 Å². The maximum atomic E-state index is 2.38. The molecule has 0 saturated heterocycles. The molecule has 21 rings (SSSR count). The molecular formula is C142H158N7+7. The zero-order valence-electron chi connectivity index (χ0n) is 95.1. The average molecular weight is 1960 g/mol. The predicted octanol–water partition coefficient (Wildman–Crippen LogP) is 32.8. The number of aromatic nitrogens is 7. The van der Waals surface area contributed by atoms with E-state index in [1.54, 1.807) is 0 Å². The molecule has 0 atom stereocenters. The highest BCUT2D eigenvalue weighted by Crippen LogP contribution is 2.40. The molecular weight excluding hydrogens is 1800 g/mol. The minimum Gasteiger partial charge on any atom is -0.198 e. The molecule has 0 bridgehead atoms. The second-order valence-electron chi connectivity index (χ2n) is 42.4. The third-order valence-electron chi connectivity index (χ3n) is 31.6. The topological polar surface area (TPSA) is 27.2 Å². The van der Waals surface area contributed by atoms with Gasteiger partial charge in [0.15, 0.2) is 39.9 Å². The summed E-state index contributed by atoms with van der Waals surface area (Å²) in [5, 5.41) is 18.4. The van der Waals surface area contributed by atoms with Crippen LogP contribution in [0.5, 0.6) is 0 Å². The molecule has 754 valence electrons. The first-order valence-corrected chi connectivity index (χ1v) is 53.7. The fraction of sp³-hybridized carbons (Fsp3) is 0.261. The zero-order valence-corrected chi connectivity index (χ0v) is 95.1.